The molecule has 42 heavy (non-hydrogen) atoms. The van der Waals surface area contributed by atoms with Gasteiger partial charge in [0.1, 0.15) is 22.5 Å². The van der Waals surface area contributed by atoms with Crippen LogP contribution in [-0.4, -0.2) is 86.7 Å². The predicted molar refractivity (Wildman–Crippen MR) is 160 cm³/mol. The van der Waals surface area contributed by atoms with Crippen molar-refractivity contribution in [3.63, 3.8) is 0 Å². The molecule has 3 aromatic heterocycles. The van der Waals surface area contributed by atoms with E-state index < -0.39 is 18.6 Å². The number of hydrogen-bond acceptors (Lipinski definition) is 10. The summed E-state index contributed by atoms with van der Waals surface area (Å²) in [4.78, 5) is 28.6. The van der Waals surface area contributed by atoms with Gasteiger partial charge in [0.05, 0.1) is 29.4 Å². The Morgan fingerprint density at radius 1 is 1.19 bits per heavy atom. The minimum Gasteiger partial charge on any atom is -0.393 e. The number of carbonyl (C=O) groups excluding carboxylic acids is 1. The number of nitriles is 1. The molecule has 1 amide bonds. The lowest BCUT2D eigenvalue weighted by atomic mass is 9.72. The van der Waals surface area contributed by atoms with Crippen LogP contribution < -0.4 is 9.80 Å². The van der Waals surface area contributed by atoms with Crippen LogP contribution in [0.1, 0.15) is 35.0 Å². The van der Waals surface area contributed by atoms with E-state index in [4.69, 9.17) is 20.2 Å². The van der Waals surface area contributed by atoms with E-state index in [2.05, 4.69) is 21.7 Å². The highest BCUT2D eigenvalue weighted by Gasteiger charge is 2.54. The molecular weight excluding hydrogens is 552 g/mol. The van der Waals surface area contributed by atoms with Crippen molar-refractivity contribution in [1.29, 1.82) is 5.26 Å². The molecule has 7 rings (SSSR count). The second-order valence-corrected chi connectivity index (χ2v) is 12.9. The Morgan fingerprint density at radius 3 is 2.55 bits per heavy atom. The van der Waals surface area contributed by atoms with E-state index in [1.807, 2.05) is 50.1 Å². The first-order valence-corrected chi connectivity index (χ1v) is 15.0. The van der Waals surface area contributed by atoms with Crippen LogP contribution in [0.25, 0.3) is 22.3 Å². The van der Waals surface area contributed by atoms with Crippen molar-refractivity contribution < 1.29 is 15.0 Å². The summed E-state index contributed by atoms with van der Waals surface area (Å²) in [6, 6.07) is 12.9. The summed E-state index contributed by atoms with van der Waals surface area (Å²) in [5, 5.41) is 35.3. The highest BCUT2D eigenvalue weighted by molar-refractivity contribution is 7.16. The van der Waals surface area contributed by atoms with Crippen molar-refractivity contribution >= 4 is 44.9 Å². The topological polar surface area (TPSA) is 135 Å². The van der Waals surface area contributed by atoms with Crippen LogP contribution >= 0.6 is 11.3 Å². The molecule has 4 aromatic rings. The van der Waals surface area contributed by atoms with Gasteiger partial charge >= 0.3 is 0 Å². The summed E-state index contributed by atoms with van der Waals surface area (Å²) in [5.41, 5.74) is 5.39. The van der Waals surface area contributed by atoms with Crippen LogP contribution in [0.5, 0.6) is 0 Å². The zero-order valence-electron chi connectivity index (χ0n) is 23.8. The summed E-state index contributed by atoms with van der Waals surface area (Å²) in [6.45, 7) is 6.22. The maximum absolute atomic E-state index is 12.2. The Hall–Kier alpha value is -4.05. The Labute approximate surface area is 247 Å². The van der Waals surface area contributed by atoms with Crippen molar-refractivity contribution in [2.45, 2.75) is 38.8 Å². The van der Waals surface area contributed by atoms with Gasteiger partial charge in [-0.2, -0.15) is 10.4 Å². The lowest BCUT2D eigenvalue weighted by Gasteiger charge is -2.61. The molecule has 0 bridgehead atoms. The van der Waals surface area contributed by atoms with Gasteiger partial charge in [-0.25, -0.2) is 14.6 Å². The number of fused-ring (bicyclic) bond motifs is 1. The van der Waals surface area contributed by atoms with Crippen molar-refractivity contribution in [3.05, 3.63) is 46.5 Å². The molecule has 1 spiro atoms. The zero-order valence-corrected chi connectivity index (χ0v) is 24.6. The molecule has 2 saturated heterocycles. The Kier molecular flexibility index (Phi) is 6.23. The van der Waals surface area contributed by atoms with Gasteiger partial charge in [-0.05, 0) is 32.8 Å². The number of nitrogens with zero attached hydrogens (tertiary/aromatic N) is 8. The van der Waals surface area contributed by atoms with E-state index in [-0.39, 0.29) is 5.41 Å². The zero-order chi connectivity index (χ0) is 29.3. The van der Waals surface area contributed by atoms with Crippen LogP contribution in [-0.2, 0) is 4.79 Å². The third-order valence-electron chi connectivity index (χ3n) is 8.58. The van der Waals surface area contributed by atoms with Crippen molar-refractivity contribution in [3.8, 4) is 17.3 Å². The molecule has 1 atom stereocenters. The summed E-state index contributed by atoms with van der Waals surface area (Å²) in [6.07, 6.45) is 0.775. The molecule has 11 nitrogen and oxygen atoms in total. The van der Waals surface area contributed by atoms with Gasteiger partial charge in [0.25, 0.3) is 5.91 Å². The maximum atomic E-state index is 12.2. The van der Waals surface area contributed by atoms with Crippen LogP contribution in [0.15, 0.2) is 30.3 Å². The lowest BCUT2D eigenvalue weighted by Crippen LogP contribution is -2.74. The second-order valence-electron chi connectivity index (χ2n) is 11.9. The number of pyridine rings is 1. The van der Waals surface area contributed by atoms with E-state index in [0.29, 0.717) is 35.3 Å². The molecule has 1 aliphatic carbocycles. The highest BCUT2D eigenvalue weighted by Crippen LogP contribution is 2.47. The first kappa shape index (κ1) is 26.8. The van der Waals surface area contributed by atoms with Crippen LogP contribution in [0.3, 0.4) is 0 Å². The molecule has 0 radical (unpaired) electrons. The Bertz CT molecular complexity index is 1740. The van der Waals surface area contributed by atoms with Crippen LogP contribution in [0, 0.1) is 30.6 Å². The third-order valence-corrected chi connectivity index (χ3v) is 9.62. The molecule has 2 aliphatic heterocycles. The fourth-order valence-electron chi connectivity index (χ4n) is 6.19. The average molecular weight is 585 g/mol. The number of benzene rings is 1. The van der Waals surface area contributed by atoms with E-state index in [9.17, 15) is 15.2 Å². The van der Waals surface area contributed by atoms with Gasteiger partial charge in [0, 0.05) is 44.2 Å². The molecule has 1 unspecified atom stereocenters. The predicted octanol–water partition coefficient (Wildman–Crippen LogP) is 3.15. The molecular formula is C30H32N8O3S. The normalized spacial score (nSPS) is 18.1. The number of aromatic nitrogens is 4. The lowest BCUT2D eigenvalue weighted by molar-refractivity contribution is -0.156. The molecule has 3 fully saturated rings. The van der Waals surface area contributed by atoms with Crippen molar-refractivity contribution in [1.82, 2.24) is 24.6 Å². The smallest absolute Gasteiger partial charge is 0.253 e. The monoisotopic (exact) mass is 584 g/mol. The minimum absolute atomic E-state index is 0.00497. The SMILES string of the molecule is Cc1ccc(-c2nc(N(C)c3c4cc(N5CC6(CN(C(=O)C(O)CO)C6)C5)c(C)nc4nn3C3CC3)sc2C#N)cc1. The van der Waals surface area contributed by atoms with Crippen LogP contribution in [0.2, 0.25) is 0 Å². The maximum Gasteiger partial charge on any atom is 0.253 e. The number of hydrogen-bond donors (Lipinski definition) is 2. The number of thiazole rings is 1. The fourth-order valence-corrected chi connectivity index (χ4v) is 7.04. The average Bonchev–Trinajstić information content (AvgIpc) is 3.59. The van der Waals surface area contributed by atoms with E-state index in [0.717, 1.165) is 64.8 Å². The van der Waals surface area contributed by atoms with E-state index >= 15 is 0 Å². The minimum atomic E-state index is -1.35. The molecule has 216 valence electrons. The number of anilines is 3. The number of rotatable bonds is 7. The summed E-state index contributed by atoms with van der Waals surface area (Å²) in [7, 11) is 1.98. The van der Waals surface area contributed by atoms with Gasteiger partial charge in [0.2, 0.25) is 0 Å². The van der Waals surface area contributed by atoms with Gasteiger partial charge in [0.15, 0.2) is 16.9 Å². The highest BCUT2D eigenvalue weighted by atomic mass is 32.1. The quantitative estimate of drug-likeness (QED) is 0.336. The van der Waals surface area contributed by atoms with E-state index in [1.54, 1.807) is 4.90 Å². The largest absolute Gasteiger partial charge is 0.393 e. The van der Waals surface area contributed by atoms with Gasteiger partial charge in [-0.1, -0.05) is 41.2 Å². The number of amides is 1. The molecule has 5 heterocycles. The first-order valence-electron chi connectivity index (χ1n) is 14.1. The fraction of sp³-hybridized carbons (Fsp3) is 0.433. The number of likely N-dealkylation sites (tertiary alicyclic amines) is 1. The molecule has 1 saturated carbocycles. The van der Waals surface area contributed by atoms with Gasteiger partial charge in [-0.15, -0.1) is 0 Å². The first-order chi connectivity index (χ1) is 20.2. The molecule has 1 aromatic carbocycles. The number of aliphatic hydroxyl groups is 2. The molecule has 12 heteroatoms. The van der Waals surface area contributed by atoms with Crippen molar-refractivity contribution in [2.24, 2.45) is 5.41 Å². The summed E-state index contributed by atoms with van der Waals surface area (Å²) >= 11 is 1.38. The number of aliphatic hydroxyl groups excluding tert-OH is 2. The summed E-state index contributed by atoms with van der Waals surface area (Å²) in [5.74, 6) is 0.511. The Balaban J connectivity index is 1.20. The van der Waals surface area contributed by atoms with Crippen molar-refractivity contribution in [2.75, 3.05) is 49.6 Å². The number of aryl methyl sites for hydroxylation is 2. The molecule has 2 N–H and O–H groups in total. The molecule has 3 aliphatic rings. The standard InChI is InChI=1S/C30H32N8O3S/c1-17-4-6-19(7-5-17)25-24(11-31)42-29(33-25)35(3)27-21-10-22(18(2)32-26(21)34-38(27)20-8-9-20)36-13-30(14-36)15-37(16-30)28(41)23(40)12-39/h4-7,10,20,23,39-40H,8-9,12-16H2,1-3H3. The second kappa shape index (κ2) is 9.76. The van der Waals surface area contributed by atoms with Gasteiger partial charge in [-0.3, -0.25) is 4.79 Å². The Morgan fingerprint density at radius 2 is 1.90 bits per heavy atom. The number of carbonyl (C=O) groups is 1. The third kappa shape index (κ3) is 4.31. The van der Waals surface area contributed by atoms with Crippen LogP contribution in [0.4, 0.5) is 16.6 Å². The summed E-state index contributed by atoms with van der Waals surface area (Å²) < 4.78 is 2.07. The van der Waals surface area contributed by atoms with E-state index in [1.165, 1.54) is 11.3 Å². The van der Waals surface area contributed by atoms with Gasteiger partial charge < -0.3 is 24.9 Å².